The Morgan fingerprint density at radius 3 is 2.86 bits per heavy atom. The fourth-order valence-corrected chi connectivity index (χ4v) is 2.47. The van der Waals surface area contributed by atoms with Gasteiger partial charge in [-0.15, -0.1) is 0 Å². The Labute approximate surface area is 130 Å². The zero-order chi connectivity index (χ0) is 15.4. The Balaban J connectivity index is 2.12. The van der Waals surface area contributed by atoms with Gasteiger partial charge >= 0.3 is 5.97 Å². The first kappa shape index (κ1) is 15.4. The van der Waals surface area contributed by atoms with Gasteiger partial charge in [-0.1, -0.05) is 19.1 Å². The Morgan fingerprint density at radius 1 is 1.38 bits per heavy atom. The largest absolute Gasteiger partial charge is 0.481 e. The zero-order valence-corrected chi connectivity index (χ0v) is 13.1. The number of aliphatic carboxylic acids is 1. The van der Waals surface area contributed by atoms with E-state index in [2.05, 4.69) is 26.2 Å². The number of pyridine rings is 1. The SMILES string of the molecule is CC(CC(=O)O)CC(=O)Nc1cccc2cc(Br)cnc12. The average Bonchev–Trinajstić information content (AvgIpc) is 2.37. The van der Waals surface area contributed by atoms with Crippen LogP contribution in [0.25, 0.3) is 10.9 Å². The summed E-state index contributed by atoms with van der Waals surface area (Å²) in [5, 5.41) is 12.4. The van der Waals surface area contributed by atoms with Crippen molar-refractivity contribution in [1.82, 2.24) is 4.98 Å². The number of para-hydroxylation sites is 1. The zero-order valence-electron chi connectivity index (χ0n) is 11.5. The van der Waals surface area contributed by atoms with Crippen LogP contribution in [0.5, 0.6) is 0 Å². The predicted octanol–water partition coefficient (Wildman–Crippen LogP) is 3.44. The normalized spacial score (nSPS) is 12.1. The van der Waals surface area contributed by atoms with Crippen LogP contribution in [0.15, 0.2) is 34.9 Å². The molecular formula is C15H15BrN2O3. The highest BCUT2D eigenvalue weighted by Crippen LogP contribution is 2.24. The van der Waals surface area contributed by atoms with Crippen LogP contribution in [0.4, 0.5) is 5.69 Å². The summed E-state index contributed by atoms with van der Waals surface area (Å²) in [6.45, 7) is 1.74. The van der Waals surface area contributed by atoms with E-state index in [1.807, 2.05) is 18.2 Å². The van der Waals surface area contributed by atoms with E-state index in [4.69, 9.17) is 5.11 Å². The first-order valence-electron chi connectivity index (χ1n) is 6.51. The smallest absolute Gasteiger partial charge is 0.303 e. The van der Waals surface area contributed by atoms with Gasteiger partial charge in [0.05, 0.1) is 11.2 Å². The van der Waals surface area contributed by atoms with Gasteiger partial charge in [0, 0.05) is 28.9 Å². The molecule has 0 aliphatic rings. The molecule has 1 aromatic heterocycles. The number of hydrogen-bond donors (Lipinski definition) is 2. The Kier molecular flexibility index (Phi) is 4.90. The topological polar surface area (TPSA) is 79.3 Å². The number of fused-ring (bicyclic) bond motifs is 1. The van der Waals surface area contributed by atoms with Crippen LogP contribution in [0.2, 0.25) is 0 Å². The maximum absolute atomic E-state index is 12.0. The second-order valence-corrected chi connectivity index (χ2v) is 5.90. The molecule has 1 amide bonds. The highest BCUT2D eigenvalue weighted by atomic mass is 79.9. The number of anilines is 1. The molecule has 1 aromatic carbocycles. The lowest BCUT2D eigenvalue weighted by Crippen LogP contribution is -2.17. The number of carboxylic acid groups (broad SMARTS) is 1. The number of rotatable bonds is 5. The van der Waals surface area contributed by atoms with E-state index in [0.717, 1.165) is 9.86 Å². The summed E-state index contributed by atoms with van der Waals surface area (Å²) in [5.74, 6) is -1.31. The van der Waals surface area contributed by atoms with Gasteiger partial charge in [-0.25, -0.2) is 0 Å². The molecular weight excluding hydrogens is 336 g/mol. The standard InChI is InChI=1S/C15H15BrN2O3/c1-9(6-14(20)21)5-13(19)18-12-4-2-3-10-7-11(16)8-17-15(10)12/h2-4,7-9H,5-6H2,1H3,(H,18,19)(H,20,21). The molecule has 2 aromatic rings. The number of carboxylic acids is 1. The molecule has 0 spiro atoms. The molecule has 0 bridgehead atoms. The summed E-state index contributed by atoms with van der Waals surface area (Å²) in [5.41, 5.74) is 1.34. The quantitative estimate of drug-likeness (QED) is 0.865. The molecule has 1 unspecified atom stereocenters. The third kappa shape index (κ3) is 4.26. The number of aromatic nitrogens is 1. The van der Waals surface area contributed by atoms with Crippen LogP contribution in [0.1, 0.15) is 19.8 Å². The van der Waals surface area contributed by atoms with Gasteiger partial charge in [-0.2, -0.15) is 0 Å². The number of hydrogen-bond acceptors (Lipinski definition) is 3. The predicted molar refractivity (Wildman–Crippen MR) is 84.1 cm³/mol. The molecule has 0 radical (unpaired) electrons. The van der Waals surface area contributed by atoms with Gasteiger partial charge in [0.25, 0.3) is 0 Å². The fourth-order valence-electron chi connectivity index (χ4n) is 2.12. The van der Waals surface area contributed by atoms with Crippen molar-refractivity contribution in [3.8, 4) is 0 Å². The summed E-state index contributed by atoms with van der Waals surface area (Å²) >= 11 is 3.36. The van der Waals surface area contributed by atoms with E-state index in [0.29, 0.717) is 11.2 Å². The second-order valence-electron chi connectivity index (χ2n) is 4.99. The molecule has 1 atom stereocenters. The second kappa shape index (κ2) is 6.67. The molecule has 110 valence electrons. The van der Waals surface area contributed by atoms with Gasteiger partial charge < -0.3 is 10.4 Å². The van der Waals surface area contributed by atoms with Crippen molar-refractivity contribution in [2.45, 2.75) is 19.8 Å². The lowest BCUT2D eigenvalue weighted by atomic mass is 10.0. The van der Waals surface area contributed by atoms with Crippen molar-refractivity contribution in [1.29, 1.82) is 0 Å². The van der Waals surface area contributed by atoms with E-state index in [9.17, 15) is 9.59 Å². The minimum Gasteiger partial charge on any atom is -0.481 e. The van der Waals surface area contributed by atoms with Crippen molar-refractivity contribution >= 4 is 44.4 Å². The lowest BCUT2D eigenvalue weighted by molar-refractivity contribution is -0.138. The van der Waals surface area contributed by atoms with Crippen LogP contribution in [0.3, 0.4) is 0 Å². The van der Waals surface area contributed by atoms with Crippen molar-refractivity contribution in [2.24, 2.45) is 5.92 Å². The Morgan fingerprint density at radius 2 is 2.14 bits per heavy atom. The van der Waals surface area contributed by atoms with Crippen LogP contribution in [-0.4, -0.2) is 22.0 Å². The Hall–Kier alpha value is -1.95. The van der Waals surface area contributed by atoms with Crippen LogP contribution >= 0.6 is 15.9 Å². The molecule has 2 rings (SSSR count). The van der Waals surface area contributed by atoms with E-state index in [1.165, 1.54) is 0 Å². The number of nitrogens with zero attached hydrogens (tertiary/aromatic N) is 1. The number of halogens is 1. The maximum atomic E-state index is 12.0. The summed E-state index contributed by atoms with van der Waals surface area (Å²) in [6.07, 6.45) is 1.82. The van der Waals surface area contributed by atoms with Gasteiger partial charge in [-0.05, 0) is 34.0 Å². The highest BCUT2D eigenvalue weighted by molar-refractivity contribution is 9.10. The monoisotopic (exact) mass is 350 g/mol. The maximum Gasteiger partial charge on any atom is 0.303 e. The van der Waals surface area contributed by atoms with Crippen LogP contribution in [0, 0.1) is 5.92 Å². The third-order valence-corrected chi connectivity index (χ3v) is 3.44. The molecule has 0 fully saturated rings. The van der Waals surface area contributed by atoms with Crippen LogP contribution < -0.4 is 5.32 Å². The van der Waals surface area contributed by atoms with E-state index < -0.39 is 5.97 Å². The van der Waals surface area contributed by atoms with Crippen molar-refractivity contribution in [3.63, 3.8) is 0 Å². The summed E-state index contributed by atoms with van der Waals surface area (Å²) in [6, 6.07) is 7.45. The molecule has 0 saturated carbocycles. The minimum absolute atomic E-state index is 0.0197. The average molecular weight is 351 g/mol. The van der Waals surface area contributed by atoms with Crippen molar-refractivity contribution in [3.05, 3.63) is 34.9 Å². The number of carbonyl (C=O) groups is 2. The van der Waals surface area contributed by atoms with Gasteiger partial charge in [-0.3, -0.25) is 14.6 Å². The molecule has 6 heteroatoms. The summed E-state index contributed by atoms with van der Waals surface area (Å²) < 4.78 is 0.869. The number of nitrogens with one attached hydrogen (secondary N) is 1. The number of benzene rings is 1. The minimum atomic E-state index is -0.896. The van der Waals surface area contributed by atoms with E-state index in [1.54, 1.807) is 19.2 Å². The molecule has 21 heavy (non-hydrogen) atoms. The van der Waals surface area contributed by atoms with Gasteiger partial charge in [0.15, 0.2) is 0 Å². The van der Waals surface area contributed by atoms with Gasteiger partial charge in [0.2, 0.25) is 5.91 Å². The molecule has 0 aliphatic heterocycles. The number of amides is 1. The first-order chi connectivity index (χ1) is 9.95. The van der Waals surface area contributed by atoms with Crippen molar-refractivity contribution in [2.75, 3.05) is 5.32 Å². The van der Waals surface area contributed by atoms with Crippen LogP contribution in [-0.2, 0) is 9.59 Å². The summed E-state index contributed by atoms with van der Waals surface area (Å²) in [7, 11) is 0. The van der Waals surface area contributed by atoms with Crippen molar-refractivity contribution < 1.29 is 14.7 Å². The lowest BCUT2D eigenvalue weighted by Gasteiger charge is -2.11. The molecule has 2 N–H and O–H groups in total. The molecule has 5 nitrogen and oxygen atoms in total. The number of carbonyl (C=O) groups excluding carboxylic acids is 1. The molecule has 1 heterocycles. The van der Waals surface area contributed by atoms with E-state index in [-0.39, 0.29) is 24.7 Å². The Bertz CT molecular complexity index is 688. The molecule has 0 saturated heterocycles. The fraction of sp³-hybridized carbons (Fsp3) is 0.267. The van der Waals surface area contributed by atoms with Gasteiger partial charge in [0.1, 0.15) is 0 Å². The first-order valence-corrected chi connectivity index (χ1v) is 7.31. The van der Waals surface area contributed by atoms with E-state index >= 15 is 0 Å². The summed E-state index contributed by atoms with van der Waals surface area (Å²) in [4.78, 5) is 26.9. The highest BCUT2D eigenvalue weighted by Gasteiger charge is 2.14. The third-order valence-electron chi connectivity index (χ3n) is 3.01. The molecule has 0 aliphatic carbocycles.